The largest absolute Gasteiger partial charge is 0.207 e. The molecule has 0 heterocycles. The Morgan fingerprint density at radius 2 is 1.29 bits per heavy atom. The lowest BCUT2D eigenvalue weighted by atomic mass is 9.68. The van der Waals surface area contributed by atoms with Crippen LogP contribution >= 0.6 is 0 Å². The van der Waals surface area contributed by atoms with E-state index < -0.39 is 0 Å². The molecule has 28 heavy (non-hydrogen) atoms. The van der Waals surface area contributed by atoms with E-state index >= 15 is 0 Å². The first-order valence-corrected chi connectivity index (χ1v) is 12.5. The molecule has 2 saturated carbocycles. The molecule has 0 amide bonds. The first-order valence-electron chi connectivity index (χ1n) is 12.5. The average Bonchev–Trinajstić information content (AvgIpc) is 2.74. The van der Waals surface area contributed by atoms with Crippen molar-refractivity contribution in [2.24, 2.45) is 17.8 Å². The van der Waals surface area contributed by atoms with Gasteiger partial charge in [-0.3, -0.25) is 0 Å². The van der Waals surface area contributed by atoms with Gasteiger partial charge in [-0.25, -0.2) is 4.39 Å². The van der Waals surface area contributed by atoms with Gasteiger partial charge in [0.25, 0.3) is 0 Å². The number of hydrogen-bond donors (Lipinski definition) is 0. The molecule has 0 unspecified atom stereocenters. The highest BCUT2D eigenvalue weighted by atomic mass is 19.1. The second kappa shape index (κ2) is 12.0. The average molecular weight is 387 g/mol. The monoisotopic (exact) mass is 386 g/mol. The van der Waals surface area contributed by atoms with Crippen molar-refractivity contribution in [3.8, 4) is 0 Å². The Hall–Kier alpha value is -0.850. The highest BCUT2D eigenvalue weighted by Gasteiger charge is 2.31. The van der Waals surface area contributed by atoms with Gasteiger partial charge in [0.05, 0.1) is 0 Å². The van der Waals surface area contributed by atoms with Crippen LogP contribution in [0.4, 0.5) is 4.39 Å². The molecule has 0 aromatic heterocycles. The summed E-state index contributed by atoms with van der Waals surface area (Å²) >= 11 is 0. The van der Waals surface area contributed by atoms with E-state index in [4.69, 9.17) is 0 Å². The molecule has 1 aromatic carbocycles. The van der Waals surface area contributed by atoms with Crippen molar-refractivity contribution in [1.82, 2.24) is 0 Å². The van der Waals surface area contributed by atoms with Gasteiger partial charge in [0.1, 0.15) is 5.82 Å². The summed E-state index contributed by atoms with van der Waals surface area (Å²) in [6, 6.07) is 7.45. The summed E-state index contributed by atoms with van der Waals surface area (Å²) in [5.74, 6) is 3.37. The SMILES string of the molecule is CCCCCCCCCC1CCC(C2CCC(c3ccccc3F)CC2)CC1. The van der Waals surface area contributed by atoms with E-state index in [0.29, 0.717) is 5.92 Å². The molecular formula is C27H43F. The number of halogens is 1. The van der Waals surface area contributed by atoms with Gasteiger partial charge < -0.3 is 0 Å². The van der Waals surface area contributed by atoms with Crippen molar-refractivity contribution in [3.05, 3.63) is 35.6 Å². The molecule has 0 bridgehead atoms. The lowest BCUT2D eigenvalue weighted by Gasteiger charge is -2.38. The summed E-state index contributed by atoms with van der Waals surface area (Å²) in [7, 11) is 0. The van der Waals surface area contributed by atoms with E-state index in [1.54, 1.807) is 6.07 Å². The smallest absolute Gasteiger partial charge is 0.126 e. The number of hydrogen-bond acceptors (Lipinski definition) is 0. The Kier molecular flexibility index (Phi) is 9.35. The lowest BCUT2D eigenvalue weighted by molar-refractivity contribution is 0.155. The van der Waals surface area contributed by atoms with E-state index in [9.17, 15) is 4.39 Å². The number of rotatable bonds is 10. The molecule has 158 valence electrons. The molecule has 2 aliphatic carbocycles. The Bertz CT molecular complexity index is 535. The molecule has 2 aliphatic rings. The Labute approximate surface area is 173 Å². The highest BCUT2D eigenvalue weighted by molar-refractivity contribution is 5.22. The zero-order valence-corrected chi connectivity index (χ0v) is 18.3. The van der Waals surface area contributed by atoms with Gasteiger partial charge in [0, 0.05) is 0 Å². The third-order valence-electron chi connectivity index (χ3n) is 7.89. The van der Waals surface area contributed by atoms with Gasteiger partial charge in [-0.2, -0.15) is 0 Å². The van der Waals surface area contributed by atoms with Crippen molar-refractivity contribution in [3.63, 3.8) is 0 Å². The molecule has 0 aliphatic heterocycles. The predicted molar refractivity (Wildman–Crippen MR) is 119 cm³/mol. The fourth-order valence-corrected chi connectivity index (χ4v) is 6.05. The Balaban J connectivity index is 1.29. The molecule has 1 aromatic rings. The fraction of sp³-hybridized carbons (Fsp3) is 0.778. The van der Waals surface area contributed by atoms with Crippen molar-refractivity contribution in [2.45, 2.75) is 116 Å². The van der Waals surface area contributed by atoms with Crippen LogP contribution in [-0.4, -0.2) is 0 Å². The van der Waals surface area contributed by atoms with Crippen LogP contribution in [0, 0.1) is 23.6 Å². The zero-order chi connectivity index (χ0) is 19.6. The topological polar surface area (TPSA) is 0 Å². The highest BCUT2D eigenvalue weighted by Crippen LogP contribution is 2.44. The van der Waals surface area contributed by atoms with Crippen LogP contribution in [0.25, 0.3) is 0 Å². The summed E-state index contributed by atoms with van der Waals surface area (Å²) in [5.41, 5.74) is 0.972. The first kappa shape index (κ1) is 21.8. The van der Waals surface area contributed by atoms with Gasteiger partial charge in [-0.15, -0.1) is 0 Å². The Morgan fingerprint density at radius 1 is 0.714 bits per heavy atom. The van der Waals surface area contributed by atoms with Crippen LogP contribution in [-0.2, 0) is 0 Å². The number of benzene rings is 1. The van der Waals surface area contributed by atoms with Gasteiger partial charge in [-0.1, -0.05) is 89.3 Å². The first-order chi connectivity index (χ1) is 13.8. The molecule has 2 fully saturated rings. The second-order valence-corrected chi connectivity index (χ2v) is 9.82. The standard InChI is InChI=1S/C27H43F/c1-2-3-4-5-6-7-8-11-22-14-16-23(17-15-22)24-18-20-25(21-19-24)26-12-9-10-13-27(26)28/h9-10,12-13,22-25H,2-8,11,14-21H2,1H3. The minimum atomic E-state index is 0.0109. The van der Waals surface area contributed by atoms with Crippen molar-refractivity contribution in [1.29, 1.82) is 0 Å². The minimum absolute atomic E-state index is 0.0109. The summed E-state index contributed by atoms with van der Waals surface area (Å²) in [6.45, 7) is 2.30. The minimum Gasteiger partial charge on any atom is -0.207 e. The van der Waals surface area contributed by atoms with Crippen LogP contribution in [0.5, 0.6) is 0 Å². The summed E-state index contributed by atoms with van der Waals surface area (Å²) in [6.07, 6.45) is 22.5. The van der Waals surface area contributed by atoms with E-state index in [1.165, 1.54) is 103 Å². The Morgan fingerprint density at radius 3 is 1.93 bits per heavy atom. The summed E-state index contributed by atoms with van der Waals surface area (Å²) < 4.78 is 14.1. The lowest BCUT2D eigenvalue weighted by Crippen LogP contribution is -2.25. The number of unbranched alkanes of at least 4 members (excludes halogenated alkanes) is 6. The van der Waals surface area contributed by atoms with Crippen LogP contribution < -0.4 is 0 Å². The van der Waals surface area contributed by atoms with E-state index in [2.05, 4.69) is 6.92 Å². The second-order valence-electron chi connectivity index (χ2n) is 9.82. The van der Waals surface area contributed by atoms with Gasteiger partial charge >= 0.3 is 0 Å². The molecule has 3 rings (SSSR count). The molecule has 1 heteroatoms. The summed E-state index contributed by atoms with van der Waals surface area (Å²) in [5, 5.41) is 0. The molecule has 0 N–H and O–H groups in total. The van der Waals surface area contributed by atoms with E-state index in [-0.39, 0.29) is 5.82 Å². The fourth-order valence-electron chi connectivity index (χ4n) is 6.05. The quantitative estimate of drug-likeness (QED) is 0.352. The predicted octanol–water partition coefficient (Wildman–Crippen LogP) is 9.05. The van der Waals surface area contributed by atoms with Crippen molar-refractivity contribution >= 4 is 0 Å². The maximum absolute atomic E-state index is 14.1. The van der Waals surface area contributed by atoms with Crippen LogP contribution in [0.1, 0.15) is 121 Å². The van der Waals surface area contributed by atoms with Gasteiger partial charge in [-0.05, 0) is 73.8 Å². The molecule has 0 nitrogen and oxygen atoms in total. The van der Waals surface area contributed by atoms with E-state index in [0.717, 1.165) is 23.3 Å². The molecule has 0 spiro atoms. The third-order valence-corrected chi connectivity index (χ3v) is 7.89. The van der Waals surface area contributed by atoms with Gasteiger partial charge in [0.2, 0.25) is 0 Å². The normalized spacial score (nSPS) is 28.4. The maximum atomic E-state index is 14.1. The molecular weight excluding hydrogens is 343 g/mol. The maximum Gasteiger partial charge on any atom is 0.126 e. The third kappa shape index (κ3) is 6.60. The molecule has 0 atom stereocenters. The van der Waals surface area contributed by atoms with E-state index in [1.807, 2.05) is 18.2 Å². The summed E-state index contributed by atoms with van der Waals surface area (Å²) in [4.78, 5) is 0. The van der Waals surface area contributed by atoms with Crippen LogP contribution in [0.3, 0.4) is 0 Å². The van der Waals surface area contributed by atoms with Crippen molar-refractivity contribution < 1.29 is 4.39 Å². The van der Waals surface area contributed by atoms with Crippen molar-refractivity contribution in [2.75, 3.05) is 0 Å². The zero-order valence-electron chi connectivity index (χ0n) is 18.3. The van der Waals surface area contributed by atoms with Crippen LogP contribution in [0.15, 0.2) is 24.3 Å². The molecule has 0 radical (unpaired) electrons. The van der Waals surface area contributed by atoms with Gasteiger partial charge in [0.15, 0.2) is 0 Å². The molecule has 0 saturated heterocycles. The van der Waals surface area contributed by atoms with Crippen LogP contribution in [0.2, 0.25) is 0 Å².